The summed E-state index contributed by atoms with van der Waals surface area (Å²) >= 11 is 0. The molecule has 0 fully saturated rings. The summed E-state index contributed by atoms with van der Waals surface area (Å²) in [4.78, 5) is 11.1. The predicted octanol–water partition coefficient (Wildman–Crippen LogP) is 5.36. The number of halogens is 9. The molecule has 0 aliphatic heterocycles. The average Bonchev–Trinajstić information content (AvgIpc) is 2.54. The highest BCUT2D eigenvalue weighted by molar-refractivity contribution is 5.70. The number of aliphatic carboxylic acids is 1. The van der Waals surface area contributed by atoms with Crippen LogP contribution in [0.15, 0.2) is 12.1 Å². The maximum Gasteiger partial charge on any atom is 0.416 e. The molecule has 0 spiro atoms. The minimum atomic E-state index is -5.48. The minimum absolute atomic E-state index is 0.000599. The molecule has 29 heavy (non-hydrogen) atoms. The van der Waals surface area contributed by atoms with Crippen LogP contribution in [0.4, 0.5) is 39.5 Å². The van der Waals surface area contributed by atoms with E-state index in [2.05, 4.69) is 0 Å². The lowest BCUT2D eigenvalue weighted by atomic mass is 9.83. The summed E-state index contributed by atoms with van der Waals surface area (Å²) in [5, 5.41) is 9.01. The van der Waals surface area contributed by atoms with Gasteiger partial charge in [-0.25, -0.2) is 0 Å². The first-order valence-corrected chi connectivity index (χ1v) is 8.33. The molecule has 3 nitrogen and oxygen atoms in total. The maximum absolute atomic E-state index is 13.3. The highest BCUT2D eigenvalue weighted by atomic mass is 19.4. The zero-order valence-corrected chi connectivity index (χ0v) is 15.0. The summed E-state index contributed by atoms with van der Waals surface area (Å²) in [5.41, 5.74) is -2.23. The van der Waals surface area contributed by atoms with Gasteiger partial charge in [-0.05, 0) is 36.5 Å². The van der Waals surface area contributed by atoms with E-state index in [0.717, 1.165) is 0 Å². The molecule has 0 heterocycles. The van der Waals surface area contributed by atoms with E-state index in [-0.39, 0.29) is 25.0 Å². The lowest BCUT2D eigenvalue weighted by molar-refractivity contribution is -0.150. The van der Waals surface area contributed by atoms with Crippen molar-refractivity contribution in [1.29, 1.82) is 0 Å². The van der Waals surface area contributed by atoms with Gasteiger partial charge in [0.15, 0.2) is 0 Å². The van der Waals surface area contributed by atoms with Crippen molar-refractivity contribution in [2.45, 2.75) is 44.7 Å². The largest absolute Gasteiger partial charge is 0.481 e. The lowest BCUT2D eigenvalue weighted by Gasteiger charge is -2.25. The van der Waals surface area contributed by atoms with Crippen molar-refractivity contribution in [3.05, 3.63) is 34.4 Å². The Bertz CT molecular complexity index is 688. The molecule has 0 saturated heterocycles. The smallest absolute Gasteiger partial charge is 0.416 e. The summed E-state index contributed by atoms with van der Waals surface area (Å²) in [7, 11) is 0. The van der Waals surface area contributed by atoms with Crippen LogP contribution in [-0.4, -0.2) is 17.6 Å². The molecule has 0 amide bonds. The summed E-state index contributed by atoms with van der Waals surface area (Å²) < 4.78 is 119. The van der Waals surface area contributed by atoms with E-state index in [1.807, 2.05) is 0 Å². The van der Waals surface area contributed by atoms with Gasteiger partial charge in [0.2, 0.25) is 0 Å². The van der Waals surface area contributed by atoms with Gasteiger partial charge in [0.1, 0.15) is 0 Å². The fourth-order valence-electron chi connectivity index (χ4n) is 2.94. The molecule has 1 rings (SSSR count). The van der Waals surface area contributed by atoms with Crippen LogP contribution in [-0.2, 0) is 29.7 Å². The van der Waals surface area contributed by atoms with E-state index >= 15 is 0 Å². The molecule has 2 unspecified atom stereocenters. The van der Waals surface area contributed by atoms with Gasteiger partial charge in [-0.15, -0.1) is 0 Å². The van der Waals surface area contributed by atoms with Gasteiger partial charge in [-0.1, -0.05) is 13.3 Å². The van der Waals surface area contributed by atoms with Crippen molar-refractivity contribution in [3.8, 4) is 0 Å². The molecule has 0 radical (unpaired) electrons. The number of benzene rings is 1. The summed E-state index contributed by atoms with van der Waals surface area (Å²) in [6.07, 6.45) is -17.6. The van der Waals surface area contributed by atoms with Crippen LogP contribution in [0.1, 0.15) is 42.0 Å². The molecule has 1 aromatic carbocycles. The molecule has 1 aromatic rings. The Morgan fingerprint density at radius 1 is 0.966 bits per heavy atom. The number of carboxylic acids is 1. The summed E-state index contributed by atoms with van der Waals surface area (Å²) in [5.74, 6) is -3.55. The number of hydrogen-bond acceptors (Lipinski definition) is 2. The molecular weight excluding hydrogens is 421 g/mol. The normalized spacial score (nSPS) is 15.3. The second-order valence-corrected chi connectivity index (χ2v) is 6.53. The van der Waals surface area contributed by atoms with Crippen molar-refractivity contribution in [1.82, 2.24) is 0 Å². The van der Waals surface area contributed by atoms with E-state index in [9.17, 15) is 44.3 Å². The minimum Gasteiger partial charge on any atom is -0.481 e. The van der Waals surface area contributed by atoms with Crippen molar-refractivity contribution in [2.75, 3.05) is 6.54 Å². The second kappa shape index (κ2) is 8.80. The van der Waals surface area contributed by atoms with Crippen LogP contribution in [0.5, 0.6) is 0 Å². The molecule has 0 aliphatic rings. The second-order valence-electron chi connectivity index (χ2n) is 6.53. The quantitative estimate of drug-likeness (QED) is 0.563. The summed E-state index contributed by atoms with van der Waals surface area (Å²) in [6, 6.07) is -0.705. The monoisotopic (exact) mass is 439 g/mol. The number of rotatable bonds is 7. The van der Waals surface area contributed by atoms with Gasteiger partial charge in [0, 0.05) is 6.54 Å². The Morgan fingerprint density at radius 2 is 1.41 bits per heavy atom. The third-order valence-corrected chi connectivity index (χ3v) is 4.51. The topological polar surface area (TPSA) is 63.3 Å². The van der Waals surface area contributed by atoms with Crippen LogP contribution in [0.25, 0.3) is 0 Å². The van der Waals surface area contributed by atoms with Crippen LogP contribution in [0, 0.1) is 11.8 Å². The number of nitrogens with two attached hydrogens (primary N) is 1. The Morgan fingerprint density at radius 3 is 1.69 bits per heavy atom. The van der Waals surface area contributed by atoms with E-state index in [4.69, 9.17) is 10.8 Å². The number of carbonyl (C=O) groups is 1. The number of hydrogen-bond donors (Lipinski definition) is 2. The van der Waals surface area contributed by atoms with Crippen LogP contribution in [0.2, 0.25) is 0 Å². The maximum atomic E-state index is 13.3. The molecular formula is C17H18F9NO2. The molecule has 0 aliphatic carbocycles. The fraction of sp³-hybridized carbons (Fsp3) is 0.588. The van der Waals surface area contributed by atoms with E-state index in [1.165, 1.54) is 6.92 Å². The first-order valence-electron chi connectivity index (χ1n) is 8.33. The van der Waals surface area contributed by atoms with Crippen molar-refractivity contribution < 1.29 is 49.4 Å². The molecule has 166 valence electrons. The van der Waals surface area contributed by atoms with Gasteiger partial charge >= 0.3 is 24.5 Å². The average molecular weight is 439 g/mol. The highest BCUT2D eigenvalue weighted by Crippen LogP contribution is 2.44. The van der Waals surface area contributed by atoms with Crippen molar-refractivity contribution >= 4 is 5.97 Å². The zero-order chi connectivity index (χ0) is 22.8. The Balaban J connectivity index is 3.62. The molecule has 2 atom stereocenters. The number of alkyl halides is 9. The van der Waals surface area contributed by atoms with E-state index in [1.54, 1.807) is 0 Å². The molecule has 0 aromatic heterocycles. The van der Waals surface area contributed by atoms with Crippen LogP contribution >= 0.6 is 0 Å². The Hall–Kier alpha value is -1.98. The van der Waals surface area contributed by atoms with E-state index in [0.29, 0.717) is 0 Å². The fourth-order valence-corrected chi connectivity index (χ4v) is 2.94. The first kappa shape index (κ1) is 25.1. The predicted molar refractivity (Wildman–Crippen MR) is 83.7 cm³/mol. The standard InChI is InChI=1S/C17H18F9NO2/c1-2-8(3-9(7-27)14(28)29)4-11-12(16(21,22)23)5-10(15(18,19)20)6-13(11)17(24,25)26/h5-6,8-9H,2-4,7,27H2,1H3,(H,28,29). The summed E-state index contributed by atoms with van der Waals surface area (Å²) in [6.45, 7) is 1.03. The third kappa shape index (κ3) is 6.51. The third-order valence-electron chi connectivity index (χ3n) is 4.51. The van der Waals surface area contributed by atoms with Crippen molar-refractivity contribution in [2.24, 2.45) is 17.6 Å². The lowest BCUT2D eigenvalue weighted by Crippen LogP contribution is -2.27. The molecule has 0 bridgehead atoms. The zero-order valence-electron chi connectivity index (χ0n) is 15.0. The van der Waals surface area contributed by atoms with Gasteiger partial charge < -0.3 is 10.8 Å². The van der Waals surface area contributed by atoms with Gasteiger partial charge in [-0.2, -0.15) is 39.5 Å². The Kier molecular flexibility index (Phi) is 7.60. The Labute approximate surface area is 159 Å². The van der Waals surface area contributed by atoms with Crippen LogP contribution in [0.3, 0.4) is 0 Å². The van der Waals surface area contributed by atoms with Gasteiger partial charge in [0.05, 0.1) is 22.6 Å². The molecule has 12 heteroatoms. The SMILES string of the molecule is CCC(Cc1c(C(F)(F)F)cc(C(F)(F)F)cc1C(F)(F)F)CC(CN)C(=O)O. The number of carboxylic acid groups (broad SMARTS) is 1. The van der Waals surface area contributed by atoms with E-state index < -0.39 is 71.6 Å². The van der Waals surface area contributed by atoms with Gasteiger partial charge in [-0.3, -0.25) is 4.79 Å². The molecule has 0 saturated carbocycles. The first-order chi connectivity index (χ1) is 13.0. The highest BCUT2D eigenvalue weighted by Gasteiger charge is 2.44. The van der Waals surface area contributed by atoms with Crippen LogP contribution < -0.4 is 5.73 Å². The molecule has 3 N–H and O–H groups in total. The van der Waals surface area contributed by atoms with Crippen molar-refractivity contribution in [3.63, 3.8) is 0 Å². The van der Waals surface area contributed by atoms with Gasteiger partial charge in [0.25, 0.3) is 0 Å².